The van der Waals surface area contributed by atoms with Gasteiger partial charge in [-0.3, -0.25) is 9.10 Å². The van der Waals surface area contributed by atoms with Crippen molar-refractivity contribution in [3.63, 3.8) is 0 Å². The number of nitrogens with zero attached hydrogens (tertiary/aromatic N) is 2. The van der Waals surface area contributed by atoms with Gasteiger partial charge >= 0.3 is 6.18 Å². The standard InChI is InChI=1S/C25H24F3N3O3S/c1-18(2)19-12-14-21(15-13-19)31(35(33,34)22-9-4-3-5-10-22)17-24(32)30-29-16-20-8-6-7-11-23(20)25(26,27)28/h3-16,18H,17H2,1-2H3,(H,30,32). The van der Waals surface area contributed by atoms with Crippen LogP contribution in [0.15, 0.2) is 88.9 Å². The Labute approximate surface area is 202 Å². The molecule has 0 spiro atoms. The molecule has 0 aliphatic carbocycles. The zero-order chi connectivity index (χ0) is 25.6. The second kappa shape index (κ2) is 10.7. The largest absolute Gasteiger partial charge is 0.417 e. The highest BCUT2D eigenvalue weighted by atomic mass is 32.2. The normalized spacial score (nSPS) is 12.2. The number of amides is 1. The number of halogens is 3. The number of alkyl halides is 3. The molecule has 3 aromatic rings. The van der Waals surface area contributed by atoms with E-state index >= 15 is 0 Å². The zero-order valence-corrected chi connectivity index (χ0v) is 19.8. The number of hydrogen-bond donors (Lipinski definition) is 1. The van der Waals surface area contributed by atoms with Crippen LogP contribution in [0.2, 0.25) is 0 Å². The number of benzene rings is 3. The molecule has 0 aromatic heterocycles. The second-order valence-electron chi connectivity index (χ2n) is 7.95. The number of carbonyl (C=O) groups excluding carboxylic acids is 1. The molecule has 0 radical (unpaired) electrons. The van der Waals surface area contributed by atoms with Crippen molar-refractivity contribution in [3.05, 3.63) is 95.6 Å². The number of carbonyl (C=O) groups is 1. The summed E-state index contributed by atoms with van der Waals surface area (Å²) in [5.41, 5.74) is 2.23. The predicted molar refractivity (Wildman–Crippen MR) is 129 cm³/mol. The Morgan fingerprint density at radius 3 is 2.17 bits per heavy atom. The molecule has 3 aromatic carbocycles. The monoisotopic (exact) mass is 503 g/mol. The summed E-state index contributed by atoms with van der Waals surface area (Å²) in [4.78, 5) is 12.6. The van der Waals surface area contributed by atoms with E-state index in [4.69, 9.17) is 0 Å². The number of hydrazone groups is 1. The smallest absolute Gasteiger partial charge is 0.271 e. The van der Waals surface area contributed by atoms with Crippen molar-refractivity contribution >= 4 is 27.8 Å². The first kappa shape index (κ1) is 26.0. The lowest BCUT2D eigenvalue weighted by Gasteiger charge is -2.24. The third-order valence-electron chi connectivity index (χ3n) is 5.13. The molecule has 1 amide bonds. The maximum absolute atomic E-state index is 13.3. The summed E-state index contributed by atoms with van der Waals surface area (Å²) in [6, 6.07) is 19.1. The fraction of sp³-hybridized carbons (Fsp3) is 0.200. The fourth-order valence-electron chi connectivity index (χ4n) is 3.27. The SMILES string of the molecule is CC(C)c1ccc(N(CC(=O)NN=Cc2ccccc2C(F)(F)F)S(=O)(=O)c2ccccc2)cc1. The van der Waals surface area contributed by atoms with Crippen LogP contribution in [-0.2, 0) is 21.0 Å². The Kier molecular flexibility index (Phi) is 7.96. The van der Waals surface area contributed by atoms with Gasteiger partial charge in [-0.05, 0) is 41.8 Å². The minimum absolute atomic E-state index is 0.0108. The number of hydrogen-bond acceptors (Lipinski definition) is 4. The van der Waals surface area contributed by atoms with Crippen LogP contribution < -0.4 is 9.73 Å². The van der Waals surface area contributed by atoms with Crippen molar-refractivity contribution in [2.24, 2.45) is 5.10 Å². The first-order chi connectivity index (χ1) is 16.5. The summed E-state index contributed by atoms with van der Waals surface area (Å²) in [5, 5.41) is 3.61. The molecule has 1 N–H and O–H groups in total. The van der Waals surface area contributed by atoms with Gasteiger partial charge in [0.1, 0.15) is 6.54 Å². The number of sulfonamides is 1. The number of nitrogens with one attached hydrogen (secondary N) is 1. The summed E-state index contributed by atoms with van der Waals surface area (Å²) < 4.78 is 67.0. The zero-order valence-electron chi connectivity index (χ0n) is 19.0. The van der Waals surface area contributed by atoms with Gasteiger partial charge in [0, 0.05) is 5.56 Å². The van der Waals surface area contributed by atoms with Gasteiger partial charge in [-0.15, -0.1) is 0 Å². The lowest BCUT2D eigenvalue weighted by molar-refractivity contribution is -0.137. The van der Waals surface area contributed by atoms with E-state index < -0.39 is 34.2 Å². The summed E-state index contributed by atoms with van der Waals surface area (Å²) in [7, 11) is -4.11. The molecule has 0 unspecified atom stereocenters. The van der Waals surface area contributed by atoms with Crippen molar-refractivity contribution in [3.8, 4) is 0 Å². The van der Waals surface area contributed by atoms with E-state index in [1.54, 1.807) is 42.5 Å². The summed E-state index contributed by atoms with van der Waals surface area (Å²) in [6.07, 6.45) is -3.72. The van der Waals surface area contributed by atoms with Crippen LogP contribution in [-0.4, -0.2) is 27.1 Å². The molecular formula is C25H24F3N3O3S. The lowest BCUT2D eigenvalue weighted by atomic mass is 10.0. The lowest BCUT2D eigenvalue weighted by Crippen LogP contribution is -2.39. The summed E-state index contributed by atoms with van der Waals surface area (Å²) >= 11 is 0. The Morgan fingerprint density at radius 1 is 0.971 bits per heavy atom. The molecule has 0 saturated heterocycles. The van der Waals surface area contributed by atoms with Gasteiger partial charge in [0.2, 0.25) is 0 Å². The molecule has 6 nitrogen and oxygen atoms in total. The molecular weight excluding hydrogens is 479 g/mol. The molecule has 184 valence electrons. The van der Waals surface area contributed by atoms with E-state index in [9.17, 15) is 26.4 Å². The van der Waals surface area contributed by atoms with Crippen LogP contribution in [0.4, 0.5) is 18.9 Å². The van der Waals surface area contributed by atoms with E-state index in [1.165, 1.54) is 30.3 Å². The van der Waals surface area contributed by atoms with Crippen molar-refractivity contribution in [2.75, 3.05) is 10.8 Å². The van der Waals surface area contributed by atoms with Gasteiger partial charge in [0.25, 0.3) is 15.9 Å². The van der Waals surface area contributed by atoms with Gasteiger partial charge in [0.15, 0.2) is 0 Å². The first-order valence-corrected chi connectivity index (χ1v) is 12.1. The average molecular weight is 504 g/mol. The maximum atomic E-state index is 13.3. The van der Waals surface area contributed by atoms with Crippen molar-refractivity contribution in [2.45, 2.75) is 30.8 Å². The minimum atomic E-state index is -4.59. The average Bonchev–Trinajstić information content (AvgIpc) is 2.83. The molecule has 0 bridgehead atoms. The van der Waals surface area contributed by atoms with E-state index in [2.05, 4.69) is 10.5 Å². The third-order valence-corrected chi connectivity index (χ3v) is 6.91. The molecule has 3 rings (SSSR count). The van der Waals surface area contributed by atoms with Crippen LogP contribution in [0.3, 0.4) is 0 Å². The molecule has 0 atom stereocenters. The Hall–Kier alpha value is -3.66. The van der Waals surface area contributed by atoms with Crippen molar-refractivity contribution in [1.82, 2.24) is 5.43 Å². The second-order valence-corrected chi connectivity index (χ2v) is 9.81. The third kappa shape index (κ3) is 6.48. The summed E-state index contributed by atoms with van der Waals surface area (Å²) in [5.74, 6) is -0.598. The Morgan fingerprint density at radius 2 is 1.57 bits per heavy atom. The molecule has 0 heterocycles. The van der Waals surface area contributed by atoms with Crippen molar-refractivity contribution in [1.29, 1.82) is 0 Å². The van der Waals surface area contributed by atoms with E-state index in [0.717, 1.165) is 22.1 Å². The molecule has 0 saturated carbocycles. The van der Waals surface area contributed by atoms with Gasteiger partial charge in [-0.25, -0.2) is 13.8 Å². The minimum Gasteiger partial charge on any atom is -0.271 e. The quantitative estimate of drug-likeness (QED) is 0.340. The highest BCUT2D eigenvalue weighted by Crippen LogP contribution is 2.31. The maximum Gasteiger partial charge on any atom is 0.417 e. The van der Waals surface area contributed by atoms with E-state index in [-0.39, 0.29) is 22.1 Å². The van der Waals surface area contributed by atoms with Crippen LogP contribution in [0.25, 0.3) is 0 Å². The van der Waals surface area contributed by atoms with Crippen LogP contribution in [0.1, 0.15) is 36.5 Å². The summed E-state index contributed by atoms with van der Waals surface area (Å²) in [6.45, 7) is 3.36. The van der Waals surface area contributed by atoms with Gasteiger partial charge in [0.05, 0.1) is 22.4 Å². The Balaban J connectivity index is 1.86. The van der Waals surface area contributed by atoms with E-state index in [0.29, 0.717) is 0 Å². The highest BCUT2D eigenvalue weighted by molar-refractivity contribution is 7.92. The van der Waals surface area contributed by atoms with Crippen LogP contribution in [0, 0.1) is 0 Å². The number of anilines is 1. The molecule has 0 fully saturated rings. The van der Waals surface area contributed by atoms with Crippen LogP contribution in [0.5, 0.6) is 0 Å². The Bertz CT molecular complexity index is 1290. The molecule has 35 heavy (non-hydrogen) atoms. The number of rotatable bonds is 8. The molecule has 10 heteroatoms. The fourth-order valence-corrected chi connectivity index (χ4v) is 4.71. The topological polar surface area (TPSA) is 78.8 Å². The van der Waals surface area contributed by atoms with Crippen LogP contribution >= 0.6 is 0 Å². The predicted octanol–water partition coefficient (Wildman–Crippen LogP) is 5.17. The van der Waals surface area contributed by atoms with Gasteiger partial charge < -0.3 is 0 Å². The molecule has 0 aliphatic rings. The van der Waals surface area contributed by atoms with Gasteiger partial charge in [-0.1, -0.05) is 62.4 Å². The highest BCUT2D eigenvalue weighted by Gasteiger charge is 2.32. The molecule has 0 aliphatic heterocycles. The van der Waals surface area contributed by atoms with Crippen molar-refractivity contribution < 1.29 is 26.4 Å². The van der Waals surface area contributed by atoms with Gasteiger partial charge in [-0.2, -0.15) is 18.3 Å². The first-order valence-electron chi connectivity index (χ1n) is 10.7. The van der Waals surface area contributed by atoms with E-state index in [1.807, 2.05) is 13.8 Å².